The summed E-state index contributed by atoms with van der Waals surface area (Å²) in [7, 11) is 1.72. The molecule has 1 rings (SSSR count). The lowest BCUT2D eigenvalue weighted by Crippen LogP contribution is -2.29. The minimum Gasteiger partial charge on any atom is -0.383 e. The van der Waals surface area contributed by atoms with Crippen molar-refractivity contribution in [3.63, 3.8) is 0 Å². The molecule has 1 aromatic rings. The van der Waals surface area contributed by atoms with E-state index in [9.17, 15) is 0 Å². The van der Waals surface area contributed by atoms with Crippen LogP contribution in [-0.2, 0) is 11.3 Å². The molecule has 1 unspecified atom stereocenters. The number of benzene rings is 1. The van der Waals surface area contributed by atoms with Gasteiger partial charge in [-0.1, -0.05) is 30.3 Å². The van der Waals surface area contributed by atoms with Crippen molar-refractivity contribution in [3.05, 3.63) is 35.9 Å². The Morgan fingerprint density at radius 1 is 1.31 bits per heavy atom. The number of ether oxygens (including phenoxy) is 1. The summed E-state index contributed by atoms with van der Waals surface area (Å²) in [5.41, 5.74) is 1.31. The van der Waals surface area contributed by atoms with Crippen LogP contribution < -0.4 is 5.32 Å². The Hall–Kier alpha value is -0.860. The predicted octanol–water partition coefficient (Wildman–Crippen LogP) is 1.81. The van der Waals surface area contributed by atoms with Gasteiger partial charge in [0.1, 0.15) is 0 Å². The van der Waals surface area contributed by atoms with Gasteiger partial charge in [0.2, 0.25) is 0 Å². The maximum Gasteiger partial charge on any atom is 0.0613 e. The number of methoxy groups -OCH3 is 1. The summed E-state index contributed by atoms with van der Waals surface area (Å²) >= 11 is 0. The van der Waals surface area contributed by atoms with Gasteiger partial charge >= 0.3 is 0 Å². The monoisotopic (exact) mass is 179 g/mol. The van der Waals surface area contributed by atoms with Crippen molar-refractivity contribution in [1.82, 2.24) is 5.32 Å². The molecule has 0 aromatic heterocycles. The molecule has 0 saturated heterocycles. The molecule has 1 N–H and O–H groups in total. The SMILES string of the molecule is COCC(C)NCc1ccccc1. The Bertz CT molecular complexity index is 223. The topological polar surface area (TPSA) is 21.3 Å². The van der Waals surface area contributed by atoms with Crippen LogP contribution in [0.25, 0.3) is 0 Å². The second-order valence-electron chi connectivity index (χ2n) is 3.22. The van der Waals surface area contributed by atoms with Gasteiger partial charge in [-0.15, -0.1) is 0 Å². The van der Waals surface area contributed by atoms with Gasteiger partial charge in [0.25, 0.3) is 0 Å². The van der Waals surface area contributed by atoms with Gasteiger partial charge in [-0.3, -0.25) is 0 Å². The smallest absolute Gasteiger partial charge is 0.0613 e. The van der Waals surface area contributed by atoms with E-state index in [4.69, 9.17) is 4.74 Å². The summed E-state index contributed by atoms with van der Waals surface area (Å²) in [4.78, 5) is 0. The largest absolute Gasteiger partial charge is 0.383 e. The maximum atomic E-state index is 5.03. The first-order valence-corrected chi connectivity index (χ1v) is 4.59. The van der Waals surface area contributed by atoms with E-state index in [-0.39, 0.29) is 0 Å². The van der Waals surface area contributed by atoms with Crippen LogP contribution in [-0.4, -0.2) is 19.8 Å². The van der Waals surface area contributed by atoms with Crippen LogP contribution in [0, 0.1) is 0 Å². The third kappa shape index (κ3) is 4.06. The Kier molecular flexibility index (Phi) is 4.50. The van der Waals surface area contributed by atoms with Crippen LogP contribution in [0.5, 0.6) is 0 Å². The number of nitrogens with one attached hydrogen (secondary N) is 1. The number of rotatable bonds is 5. The van der Waals surface area contributed by atoms with Gasteiger partial charge < -0.3 is 10.1 Å². The summed E-state index contributed by atoms with van der Waals surface area (Å²) < 4.78 is 5.03. The highest BCUT2D eigenvalue weighted by Gasteiger charge is 1.99. The zero-order chi connectivity index (χ0) is 9.52. The predicted molar refractivity (Wildman–Crippen MR) is 54.6 cm³/mol. The van der Waals surface area contributed by atoms with Crippen LogP contribution in [0.1, 0.15) is 12.5 Å². The van der Waals surface area contributed by atoms with Crippen LogP contribution in [0.2, 0.25) is 0 Å². The first kappa shape index (κ1) is 10.2. The maximum absolute atomic E-state index is 5.03. The Morgan fingerprint density at radius 2 is 2.00 bits per heavy atom. The lowest BCUT2D eigenvalue weighted by Gasteiger charge is -2.12. The molecule has 0 aliphatic carbocycles. The molecule has 0 bridgehead atoms. The van der Waals surface area contributed by atoms with E-state index in [0.29, 0.717) is 6.04 Å². The normalized spacial score (nSPS) is 12.8. The summed E-state index contributed by atoms with van der Waals surface area (Å²) in [6.07, 6.45) is 0. The first-order chi connectivity index (χ1) is 6.33. The standard InChI is InChI=1S/C11H17NO/c1-10(9-13-2)12-8-11-6-4-3-5-7-11/h3-7,10,12H,8-9H2,1-2H3. The van der Waals surface area contributed by atoms with Crippen LogP contribution in [0.4, 0.5) is 0 Å². The average molecular weight is 179 g/mol. The summed E-state index contributed by atoms with van der Waals surface area (Å²) in [5.74, 6) is 0. The highest BCUT2D eigenvalue weighted by Crippen LogP contribution is 1.97. The minimum atomic E-state index is 0.408. The first-order valence-electron chi connectivity index (χ1n) is 4.59. The molecule has 72 valence electrons. The van der Waals surface area contributed by atoms with Gasteiger partial charge in [0.05, 0.1) is 6.61 Å². The molecule has 0 aliphatic heterocycles. The van der Waals surface area contributed by atoms with E-state index in [1.807, 2.05) is 6.07 Å². The summed E-state index contributed by atoms with van der Waals surface area (Å²) in [6.45, 7) is 3.78. The van der Waals surface area contributed by atoms with Crippen LogP contribution in [0.3, 0.4) is 0 Å². The van der Waals surface area contributed by atoms with E-state index in [1.54, 1.807) is 7.11 Å². The molecular formula is C11H17NO. The van der Waals surface area contributed by atoms with E-state index < -0.39 is 0 Å². The van der Waals surface area contributed by atoms with Gasteiger partial charge in [-0.2, -0.15) is 0 Å². The molecule has 0 saturated carbocycles. The van der Waals surface area contributed by atoms with Crippen molar-refractivity contribution < 1.29 is 4.74 Å². The summed E-state index contributed by atoms with van der Waals surface area (Å²) in [5, 5.41) is 3.37. The molecule has 13 heavy (non-hydrogen) atoms. The molecule has 1 aromatic carbocycles. The third-order valence-electron chi connectivity index (χ3n) is 1.91. The Morgan fingerprint density at radius 3 is 2.62 bits per heavy atom. The zero-order valence-corrected chi connectivity index (χ0v) is 8.29. The van der Waals surface area contributed by atoms with Gasteiger partial charge in [0.15, 0.2) is 0 Å². The zero-order valence-electron chi connectivity index (χ0n) is 8.29. The molecule has 0 radical (unpaired) electrons. The number of hydrogen-bond acceptors (Lipinski definition) is 2. The molecule has 0 aliphatic rings. The highest BCUT2D eigenvalue weighted by molar-refractivity contribution is 5.14. The second kappa shape index (κ2) is 5.73. The van der Waals surface area contributed by atoms with Crippen molar-refractivity contribution in [1.29, 1.82) is 0 Å². The fraction of sp³-hybridized carbons (Fsp3) is 0.455. The third-order valence-corrected chi connectivity index (χ3v) is 1.91. The average Bonchev–Trinajstić information content (AvgIpc) is 2.17. The Labute approximate surface area is 79.9 Å². The van der Waals surface area contributed by atoms with E-state index in [0.717, 1.165) is 13.2 Å². The van der Waals surface area contributed by atoms with E-state index >= 15 is 0 Å². The lowest BCUT2D eigenvalue weighted by atomic mass is 10.2. The van der Waals surface area contributed by atoms with Crippen molar-refractivity contribution in [3.8, 4) is 0 Å². The Balaban J connectivity index is 2.27. The molecule has 0 fully saturated rings. The van der Waals surface area contributed by atoms with Crippen LogP contribution in [0.15, 0.2) is 30.3 Å². The van der Waals surface area contributed by atoms with E-state index in [1.165, 1.54) is 5.56 Å². The molecule has 0 amide bonds. The van der Waals surface area contributed by atoms with Crippen molar-refractivity contribution in [2.75, 3.05) is 13.7 Å². The second-order valence-corrected chi connectivity index (χ2v) is 3.22. The molecule has 2 nitrogen and oxygen atoms in total. The van der Waals surface area contributed by atoms with Gasteiger partial charge in [-0.05, 0) is 12.5 Å². The fourth-order valence-electron chi connectivity index (χ4n) is 1.20. The van der Waals surface area contributed by atoms with Crippen molar-refractivity contribution in [2.45, 2.75) is 19.5 Å². The molecular weight excluding hydrogens is 162 g/mol. The number of hydrogen-bond donors (Lipinski definition) is 1. The highest BCUT2D eigenvalue weighted by atomic mass is 16.5. The van der Waals surface area contributed by atoms with Crippen molar-refractivity contribution >= 4 is 0 Å². The van der Waals surface area contributed by atoms with Crippen molar-refractivity contribution in [2.24, 2.45) is 0 Å². The molecule has 2 heteroatoms. The minimum absolute atomic E-state index is 0.408. The van der Waals surface area contributed by atoms with Gasteiger partial charge in [0, 0.05) is 19.7 Å². The molecule has 1 atom stereocenters. The molecule has 0 heterocycles. The fourth-order valence-corrected chi connectivity index (χ4v) is 1.20. The van der Waals surface area contributed by atoms with E-state index in [2.05, 4.69) is 36.5 Å². The molecule has 0 spiro atoms. The quantitative estimate of drug-likeness (QED) is 0.744. The van der Waals surface area contributed by atoms with Gasteiger partial charge in [-0.25, -0.2) is 0 Å². The van der Waals surface area contributed by atoms with Crippen LogP contribution >= 0.6 is 0 Å². The lowest BCUT2D eigenvalue weighted by molar-refractivity contribution is 0.171. The summed E-state index contributed by atoms with van der Waals surface area (Å²) in [6, 6.07) is 10.8.